The van der Waals surface area contributed by atoms with Crippen molar-refractivity contribution in [2.24, 2.45) is 5.73 Å². The standard InChI is InChI=1S/C27H25F3N4O3/c1-14-4-5-16-10-11-34(13-17(16)12-14)26(35)23-24(15(2)31)37-25(33-23)19-6-8-20(36-3)22-18(19)7-9-21(32-22)27(28,29)30/h4-9,12,15H,10-11,13,31H2,1-3H3/t15-/m0/s1. The molecule has 0 saturated carbocycles. The van der Waals surface area contributed by atoms with Gasteiger partial charge in [0.1, 0.15) is 17.0 Å². The van der Waals surface area contributed by atoms with Crippen LogP contribution < -0.4 is 10.5 Å². The summed E-state index contributed by atoms with van der Waals surface area (Å²) in [5.74, 6) is 0.129. The molecule has 2 aromatic heterocycles. The van der Waals surface area contributed by atoms with Crippen LogP contribution in [-0.2, 0) is 19.1 Å². The summed E-state index contributed by atoms with van der Waals surface area (Å²) in [6, 6.07) is 10.9. The first kappa shape index (κ1) is 24.8. The number of aromatic nitrogens is 2. The maximum absolute atomic E-state index is 13.6. The van der Waals surface area contributed by atoms with E-state index in [0.29, 0.717) is 24.0 Å². The Balaban J connectivity index is 1.57. The molecule has 0 saturated heterocycles. The number of nitrogens with two attached hydrogens (primary N) is 1. The van der Waals surface area contributed by atoms with E-state index in [-0.39, 0.29) is 34.5 Å². The molecule has 0 radical (unpaired) electrons. The molecular formula is C27H25F3N4O3. The van der Waals surface area contributed by atoms with Crippen LogP contribution in [0.3, 0.4) is 0 Å². The number of fused-ring (bicyclic) bond motifs is 2. The predicted molar refractivity (Wildman–Crippen MR) is 131 cm³/mol. The maximum atomic E-state index is 13.6. The number of nitrogens with zero attached hydrogens (tertiary/aromatic N) is 3. The summed E-state index contributed by atoms with van der Waals surface area (Å²) in [6.07, 6.45) is -3.90. The Morgan fingerprint density at radius 3 is 2.62 bits per heavy atom. The zero-order valence-electron chi connectivity index (χ0n) is 20.5. The van der Waals surface area contributed by atoms with Crippen LogP contribution in [0.4, 0.5) is 13.2 Å². The van der Waals surface area contributed by atoms with Gasteiger partial charge >= 0.3 is 6.18 Å². The average Bonchev–Trinajstić information content (AvgIpc) is 3.32. The Morgan fingerprint density at radius 1 is 1.14 bits per heavy atom. The van der Waals surface area contributed by atoms with Gasteiger partial charge in [-0.25, -0.2) is 9.97 Å². The minimum Gasteiger partial charge on any atom is -0.494 e. The van der Waals surface area contributed by atoms with Gasteiger partial charge in [-0.05, 0) is 55.7 Å². The molecule has 0 bridgehead atoms. The fourth-order valence-corrected chi connectivity index (χ4v) is 4.62. The van der Waals surface area contributed by atoms with Crippen molar-refractivity contribution >= 4 is 16.8 Å². The second-order valence-electron chi connectivity index (χ2n) is 9.18. The first-order chi connectivity index (χ1) is 17.6. The van der Waals surface area contributed by atoms with Gasteiger partial charge in [-0.3, -0.25) is 4.79 Å². The fraction of sp³-hybridized carbons (Fsp3) is 0.296. The molecule has 1 atom stereocenters. The third kappa shape index (κ3) is 4.53. The lowest BCUT2D eigenvalue weighted by atomic mass is 9.97. The summed E-state index contributed by atoms with van der Waals surface area (Å²) >= 11 is 0. The number of oxazole rings is 1. The number of carbonyl (C=O) groups is 1. The first-order valence-corrected chi connectivity index (χ1v) is 11.8. The van der Waals surface area contributed by atoms with Crippen LogP contribution in [0, 0.1) is 6.92 Å². The molecule has 3 heterocycles. The summed E-state index contributed by atoms with van der Waals surface area (Å²) in [6.45, 7) is 4.64. The quantitative estimate of drug-likeness (QED) is 0.393. The van der Waals surface area contributed by atoms with Crippen molar-refractivity contribution in [1.82, 2.24) is 14.9 Å². The van der Waals surface area contributed by atoms with E-state index in [9.17, 15) is 18.0 Å². The van der Waals surface area contributed by atoms with Crippen molar-refractivity contribution in [3.63, 3.8) is 0 Å². The Morgan fingerprint density at radius 2 is 1.92 bits per heavy atom. The molecule has 0 spiro atoms. The molecule has 7 nitrogen and oxygen atoms in total. The summed E-state index contributed by atoms with van der Waals surface area (Å²) in [5.41, 5.74) is 8.96. The Labute approximate surface area is 211 Å². The normalized spacial score (nSPS) is 14.5. The van der Waals surface area contributed by atoms with E-state index in [0.717, 1.165) is 23.6 Å². The van der Waals surface area contributed by atoms with Gasteiger partial charge in [0, 0.05) is 24.0 Å². The molecule has 1 aliphatic rings. The van der Waals surface area contributed by atoms with Gasteiger partial charge in [-0.1, -0.05) is 23.8 Å². The Kier molecular flexibility index (Phi) is 6.15. The predicted octanol–water partition coefficient (Wildman–Crippen LogP) is 5.44. The van der Waals surface area contributed by atoms with Crippen LogP contribution in [0.25, 0.3) is 22.4 Å². The number of hydrogen-bond acceptors (Lipinski definition) is 6. The summed E-state index contributed by atoms with van der Waals surface area (Å²) in [7, 11) is 1.35. The fourth-order valence-electron chi connectivity index (χ4n) is 4.62. The van der Waals surface area contributed by atoms with Crippen LogP contribution in [0.5, 0.6) is 5.75 Å². The summed E-state index contributed by atoms with van der Waals surface area (Å²) < 4.78 is 51.1. The molecule has 1 aliphatic heterocycles. The van der Waals surface area contributed by atoms with Crippen molar-refractivity contribution in [1.29, 1.82) is 0 Å². The number of benzene rings is 2. The zero-order chi connectivity index (χ0) is 26.5. The molecule has 2 N–H and O–H groups in total. The monoisotopic (exact) mass is 510 g/mol. The molecule has 10 heteroatoms. The lowest BCUT2D eigenvalue weighted by molar-refractivity contribution is -0.140. The minimum atomic E-state index is -4.62. The van der Waals surface area contributed by atoms with Gasteiger partial charge in [-0.15, -0.1) is 0 Å². The van der Waals surface area contributed by atoms with Crippen molar-refractivity contribution in [3.05, 3.63) is 76.3 Å². The van der Waals surface area contributed by atoms with E-state index >= 15 is 0 Å². The highest BCUT2D eigenvalue weighted by molar-refractivity contribution is 5.98. The molecular weight excluding hydrogens is 485 g/mol. The third-order valence-corrected chi connectivity index (χ3v) is 6.49. The Bertz CT molecular complexity index is 1510. The minimum absolute atomic E-state index is 0.00579. The van der Waals surface area contributed by atoms with Crippen LogP contribution in [0.15, 0.2) is 46.9 Å². The van der Waals surface area contributed by atoms with Crippen LogP contribution in [0.2, 0.25) is 0 Å². The smallest absolute Gasteiger partial charge is 0.433 e. The van der Waals surface area contributed by atoms with Gasteiger partial charge in [0.2, 0.25) is 5.89 Å². The highest BCUT2D eigenvalue weighted by Crippen LogP contribution is 2.37. The molecule has 1 amide bonds. The number of halogens is 3. The molecule has 37 heavy (non-hydrogen) atoms. The first-order valence-electron chi connectivity index (χ1n) is 11.8. The number of carbonyl (C=O) groups excluding carboxylic acids is 1. The van der Waals surface area contributed by atoms with Gasteiger partial charge < -0.3 is 19.8 Å². The second-order valence-corrected chi connectivity index (χ2v) is 9.18. The van der Waals surface area contributed by atoms with E-state index in [1.165, 1.54) is 24.8 Å². The molecule has 192 valence electrons. The maximum Gasteiger partial charge on any atom is 0.433 e. The second kappa shape index (κ2) is 9.19. The molecule has 0 fully saturated rings. The van der Waals surface area contributed by atoms with E-state index in [1.54, 1.807) is 17.9 Å². The third-order valence-electron chi connectivity index (χ3n) is 6.49. The van der Waals surface area contributed by atoms with E-state index in [1.807, 2.05) is 6.92 Å². The van der Waals surface area contributed by atoms with Gasteiger partial charge in [-0.2, -0.15) is 13.2 Å². The molecule has 2 aromatic carbocycles. The number of hydrogen-bond donors (Lipinski definition) is 1. The Hall–Kier alpha value is -3.92. The number of alkyl halides is 3. The number of rotatable bonds is 4. The summed E-state index contributed by atoms with van der Waals surface area (Å²) in [4.78, 5) is 23.6. The summed E-state index contributed by atoms with van der Waals surface area (Å²) in [5, 5.41) is 0.339. The average molecular weight is 511 g/mol. The number of aryl methyl sites for hydroxylation is 1. The largest absolute Gasteiger partial charge is 0.494 e. The van der Waals surface area contributed by atoms with Crippen molar-refractivity contribution in [2.45, 2.75) is 39.0 Å². The number of amides is 1. The lowest BCUT2D eigenvalue weighted by Crippen LogP contribution is -2.36. The van der Waals surface area contributed by atoms with E-state index < -0.39 is 17.9 Å². The van der Waals surface area contributed by atoms with Crippen molar-refractivity contribution < 1.29 is 27.1 Å². The van der Waals surface area contributed by atoms with E-state index in [4.69, 9.17) is 14.9 Å². The zero-order valence-corrected chi connectivity index (χ0v) is 20.5. The lowest BCUT2D eigenvalue weighted by Gasteiger charge is -2.28. The van der Waals surface area contributed by atoms with Gasteiger partial charge in [0.05, 0.1) is 13.2 Å². The van der Waals surface area contributed by atoms with Crippen LogP contribution in [-0.4, -0.2) is 34.4 Å². The molecule has 5 rings (SSSR count). The SMILES string of the molecule is COc1ccc(-c2nc(C(=O)N3CCc4ccc(C)cc4C3)c([C@H](C)N)o2)c2ccc(C(F)(F)F)nc12. The molecule has 0 aliphatic carbocycles. The number of pyridine rings is 1. The van der Waals surface area contributed by atoms with Crippen molar-refractivity contribution in [2.75, 3.05) is 13.7 Å². The van der Waals surface area contributed by atoms with Crippen LogP contribution in [0.1, 0.15) is 51.6 Å². The highest BCUT2D eigenvalue weighted by Gasteiger charge is 2.34. The van der Waals surface area contributed by atoms with Gasteiger partial charge in [0.25, 0.3) is 5.91 Å². The number of ether oxygens (including phenoxy) is 1. The topological polar surface area (TPSA) is 94.5 Å². The van der Waals surface area contributed by atoms with Crippen molar-refractivity contribution in [3.8, 4) is 17.2 Å². The van der Waals surface area contributed by atoms with Gasteiger partial charge in [0.15, 0.2) is 11.5 Å². The molecule has 4 aromatic rings. The molecule has 0 unspecified atom stereocenters. The van der Waals surface area contributed by atoms with Crippen LogP contribution >= 0.6 is 0 Å². The highest BCUT2D eigenvalue weighted by atomic mass is 19.4. The number of methoxy groups -OCH3 is 1. The van der Waals surface area contributed by atoms with E-state index in [2.05, 4.69) is 28.2 Å².